The van der Waals surface area contributed by atoms with Gasteiger partial charge in [-0.05, 0) is 36.8 Å². The lowest BCUT2D eigenvalue weighted by atomic mass is 10.2. The quantitative estimate of drug-likeness (QED) is 0.307. The molecular formula is C21H21NO4S. The number of rotatable bonds is 9. The topological polar surface area (TPSA) is 72.5 Å². The number of Topliss-reactive ketones (excluding diaryl/α,β-unsaturated/α-hetero) is 1. The number of carbonyl (C=O) groups is 3. The summed E-state index contributed by atoms with van der Waals surface area (Å²) in [5.74, 6) is -0.767. The van der Waals surface area contributed by atoms with Crippen LogP contribution >= 0.6 is 11.8 Å². The van der Waals surface area contributed by atoms with Crippen LogP contribution in [0.25, 0.3) is 6.08 Å². The van der Waals surface area contributed by atoms with Gasteiger partial charge in [0.15, 0.2) is 5.78 Å². The Bertz CT molecular complexity index is 818. The number of thioether (sulfide) groups is 1. The van der Waals surface area contributed by atoms with E-state index >= 15 is 0 Å². The standard InChI is InChI=1S/C21H21NO4S/c1-2-26-21(25)14-18(23)15-27-19-10-6-9-17(13-19)22-20(24)12-11-16-7-4-3-5-8-16/h3-13H,2,14-15H2,1H3,(H,22,24)/b12-11+. The first kappa shape index (κ1) is 20.5. The summed E-state index contributed by atoms with van der Waals surface area (Å²) in [4.78, 5) is 35.9. The summed E-state index contributed by atoms with van der Waals surface area (Å²) in [6.45, 7) is 1.96. The van der Waals surface area contributed by atoms with Crippen molar-refractivity contribution in [3.63, 3.8) is 0 Å². The Morgan fingerprint density at radius 2 is 1.85 bits per heavy atom. The maximum Gasteiger partial charge on any atom is 0.313 e. The molecule has 0 saturated heterocycles. The molecule has 0 fully saturated rings. The van der Waals surface area contributed by atoms with Crippen LogP contribution in [0.15, 0.2) is 65.6 Å². The number of amides is 1. The molecule has 0 atom stereocenters. The third kappa shape index (κ3) is 7.92. The number of hydrogen-bond acceptors (Lipinski definition) is 5. The molecule has 0 unspecified atom stereocenters. The Morgan fingerprint density at radius 3 is 2.59 bits per heavy atom. The van der Waals surface area contributed by atoms with E-state index in [1.165, 1.54) is 17.8 Å². The van der Waals surface area contributed by atoms with Crippen molar-refractivity contribution in [3.05, 3.63) is 66.2 Å². The molecule has 0 aliphatic rings. The minimum Gasteiger partial charge on any atom is -0.466 e. The molecule has 0 aliphatic heterocycles. The number of carbonyl (C=O) groups excluding carboxylic acids is 3. The predicted octanol–water partition coefficient (Wildman–Crippen LogP) is 3.95. The largest absolute Gasteiger partial charge is 0.466 e. The van der Waals surface area contributed by atoms with Crippen LogP contribution in [0.5, 0.6) is 0 Å². The van der Waals surface area contributed by atoms with Crippen molar-refractivity contribution in [2.24, 2.45) is 0 Å². The Hall–Kier alpha value is -2.86. The van der Waals surface area contributed by atoms with E-state index in [0.717, 1.165) is 10.5 Å². The van der Waals surface area contributed by atoms with Crippen LogP contribution in [0.1, 0.15) is 18.9 Å². The average Bonchev–Trinajstić information content (AvgIpc) is 2.66. The van der Waals surface area contributed by atoms with Gasteiger partial charge < -0.3 is 10.1 Å². The lowest BCUT2D eigenvalue weighted by Gasteiger charge is -2.06. The van der Waals surface area contributed by atoms with Gasteiger partial charge in [0, 0.05) is 16.7 Å². The van der Waals surface area contributed by atoms with Crippen LogP contribution in [0, 0.1) is 0 Å². The van der Waals surface area contributed by atoms with Gasteiger partial charge in [-0.1, -0.05) is 36.4 Å². The number of anilines is 1. The first-order valence-corrected chi connectivity index (χ1v) is 9.49. The highest BCUT2D eigenvalue weighted by Gasteiger charge is 2.11. The molecule has 6 heteroatoms. The summed E-state index contributed by atoms with van der Waals surface area (Å²) < 4.78 is 4.76. The zero-order valence-electron chi connectivity index (χ0n) is 15.0. The van der Waals surface area contributed by atoms with Crippen LogP contribution < -0.4 is 5.32 Å². The van der Waals surface area contributed by atoms with Gasteiger partial charge in [-0.25, -0.2) is 0 Å². The molecule has 2 rings (SSSR count). The van der Waals surface area contributed by atoms with Gasteiger partial charge in [0.05, 0.1) is 12.4 Å². The molecule has 2 aromatic rings. The summed E-state index contributed by atoms with van der Waals surface area (Å²) in [5.41, 5.74) is 1.58. The number of ether oxygens (including phenoxy) is 1. The van der Waals surface area contributed by atoms with Gasteiger partial charge in [0.2, 0.25) is 5.91 Å². The SMILES string of the molecule is CCOC(=O)CC(=O)CSc1cccc(NC(=O)/C=C/c2ccccc2)c1. The van der Waals surface area contributed by atoms with Gasteiger partial charge >= 0.3 is 5.97 Å². The van der Waals surface area contributed by atoms with Crippen molar-refractivity contribution >= 4 is 41.2 Å². The minimum absolute atomic E-state index is 0.171. The maximum atomic E-state index is 12.0. The van der Waals surface area contributed by atoms with Gasteiger partial charge in [0.25, 0.3) is 0 Å². The van der Waals surface area contributed by atoms with E-state index in [1.807, 2.05) is 36.4 Å². The molecule has 27 heavy (non-hydrogen) atoms. The molecule has 0 radical (unpaired) electrons. The van der Waals surface area contributed by atoms with Crippen molar-refractivity contribution in [1.29, 1.82) is 0 Å². The van der Waals surface area contributed by atoms with Gasteiger partial charge in [-0.2, -0.15) is 0 Å². The second-order valence-corrected chi connectivity index (χ2v) is 6.62. The zero-order chi connectivity index (χ0) is 19.5. The van der Waals surface area contributed by atoms with Crippen LogP contribution in [-0.4, -0.2) is 30.0 Å². The molecule has 140 valence electrons. The lowest BCUT2D eigenvalue weighted by molar-refractivity contribution is -0.145. The highest BCUT2D eigenvalue weighted by molar-refractivity contribution is 8.00. The molecule has 0 aromatic heterocycles. The molecule has 0 bridgehead atoms. The monoisotopic (exact) mass is 383 g/mol. The molecule has 0 saturated carbocycles. The van der Waals surface area contributed by atoms with E-state index in [1.54, 1.807) is 31.2 Å². The van der Waals surface area contributed by atoms with Crippen LogP contribution in [0.2, 0.25) is 0 Å². The fraction of sp³-hybridized carbons (Fsp3) is 0.190. The molecule has 0 heterocycles. The number of esters is 1. The number of benzene rings is 2. The van der Waals surface area contributed by atoms with Crippen LogP contribution in [0.3, 0.4) is 0 Å². The highest BCUT2D eigenvalue weighted by atomic mass is 32.2. The molecule has 5 nitrogen and oxygen atoms in total. The molecule has 1 amide bonds. The summed E-state index contributed by atoms with van der Waals surface area (Å²) in [6, 6.07) is 16.8. The summed E-state index contributed by atoms with van der Waals surface area (Å²) in [5, 5.41) is 2.79. The number of nitrogens with one attached hydrogen (secondary N) is 1. The van der Waals surface area contributed by atoms with Crippen molar-refractivity contribution in [3.8, 4) is 0 Å². The molecule has 0 aliphatic carbocycles. The van der Waals surface area contributed by atoms with E-state index in [0.29, 0.717) is 5.69 Å². The fourth-order valence-corrected chi connectivity index (χ4v) is 2.99. The Balaban J connectivity index is 1.85. The first-order valence-electron chi connectivity index (χ1n) is 8.51. The van der Waals surface area contributed by atoms with Crippen molar-refractivity contribution in [2.45, 2.75) is 18.2 Å². The zero-order valence-corrected chi connectivity index (χ0v) is 15.8. The lowest BCUT2D eigenvalue weighted by Crippen LogP contribution is -2.12. The minimum atomic E-state index is -0.505. The maximum absolute atomic E-state index is 12.0. The third-order valence-electron chi connectivity index (χ3n) is 3.37. The molecule has 1 N–H and O–H groups in total. The van der Waals surface area contributed by atoms with Crippen molar-refractivity contribution < 1.29 is 19.1 Å². The van der Waals surface area contributed by atoms with Gasteiger partial charge in [-0.15, -0.1) is 11.8 Å². The Morgan fingerprint density at radius 1 is 1.07 bits per heavy atom. The normalized spacial score (nSPS) is 10.6. The third-order valence-corrected chi connectivity index (χ3v) is 4.43. The fourth-order valence-electron chi connectivity index (χ4n) is 2.17. The van der Waals surface area contributed by atoms with E-state index in [4.69, 9.17) is 4.74 Å². The van der Waals surface area contributed by atoms with Crippen molar-refractivity contribution in [2.75, 3.05) is 17.7 Å². The Labute approximate surface area is 162 Å². The summed E-state index contributed by atoms with van der Waals surface area (Å²) in [6.07, 6.45) is 2.99. The van der Waals surface area contributed by atoms with Crippen LogP contribution in [0.4, 0.5) is 5.69 Å². The molecule has 2 aromatic carbocycles. The average molecular weight is 383 g/mol. The first-order chi connectivity index (χ1) is 13.1. The summed E-state index contributed by atoms with van der Waals surface area (Å²) >= 11 is 1.31. The molecule has 0 spiro atoms. The van der Waals surface area contributed by atoms with E-state index in [2.05, 4.69) is 5.32 Å². The van der Waals surface area contributed by atoms with E-state index in [-0.39, 0.29) is 30.5 Å². The van der Waals surface area contributed by atoms with Gasteiger partial charge in [-0.3, -0.25) is 14.4 Å². The number of hydrogen-bond donors (Lipinski definition) is 1. The highest BCUT2D eigenvalue weighted by Crippen LogP contribution is 2.22. The van der Waals surface area contributed by atoms with E-state index in [9.17, 15) is 14.4 Å². The Kier molecular flexibility index (Phi) is 8.32. The van der Waals surface area contributed by atoms with Crippen LogP contribution in [-0.2, 0) is 19.1 Å². The second-order valence-electron chi connectivity index (χ2n) is 5.57. The second kappa shape index (κ2) is 11.0. The number of ketones is 1. The summed E-state index contributed by atoms with van der Waals surface area (Å²) in [7, 11) is 0. The smallest absolute Gasteiger partial charge is 0.313 e. The van der Waals surface area contributed by atoms with Crippen molar-refractivity contribution in [1.82, 2.24) is 0 Å². The van der Waals surface area contributed by atoms with E-state index < -0.39 is 5.97 Å². The van der Waals surface area contributed by atoms with Gasteiger partial charge in [0.1, 0.15) is 6.42 Å². The molecular weight excluding hydrogens is 362 g/mol. The predicted molar refractivity (Wildman–Crippen MR) is 108 cm³/mol.